The molecule has 1 aliphatic heterocycles. The van der Waals surface area contributed by atoms with Crippen molar-refractivity contribution >= 4 is 5.69 Å². The van der Waals surface area contributed by atoms with Crippen molar-refractivity contribution in [3.63, 3.8) is 0 Å². The van der Waals surface area contributed by atoms with Gasteiger partial charge in [0.15, 0.2) is 0 Å². The third-order valence-electron chi connectivity index (χ3n) is 2.84. The molecule has 6 heteroatoms. The number of aromatic nitrogens is 4. The Bertz CT molecular complexity index is 478. The quantitative estimate of drug-likeness (QED) is 0.824. The number of benzene rings is 1. The van der Waals surface area contributed by atoms with E-state index in [1.807, 2.05) is 18.2 Å². The van der Waals surface area contributed by atoms with Crippen molar-refractivity contribution < 1.29 is 4.74 Å². The maximum absolute atomic E-state index is 5.36. The minimum absolute atomic E-state index is 0.632. The number of aromatic amines is 1. The van der Waals surface area contributed by atoms with E-state index in [4.69, 9.17) is 4.74 Å². The van der Waals surface area contributed by atoms with Gasteiger partial charge in [-0.2, -0.15) is 5.21 Å². The molecule has 17 heavy (non-hydrogen) atoms. The second-order valence-corrected chi connectivity index (χ2v) is 3.85. The molecular formula is C11H13N5O. The van der Waals surface area contributed by atoms with Gasteiger partial charge in [-0.15, -0.1) is 10.2 Å². The van der Waals surface area contributed by atoms with Gasteiger partial charge in [-0.05, 0) is 17.3 Å². The van der Waals surface area contributed by atoms with Crippen molar-refractivity contribution in [2.45, 2.75) is 0 Å². The van der Waals surface area contributed by atoms with E-state index in [2.05, 4.69) is 31.6 Å². The summed E-state index contributed by atoms with van der Waals surface area (Å²) in [5.74, 6) is 0.632. The van der Waals surface area contributed by atoms with Gasteiger partial charge in [-0.3, -0.25) is 0 Å². The highest BCUT2D eigenvalue weighted by atomic mass is 16.5. The van der Waals surface area contributed by atoms with Crippen LogP contribution in [0.15, 0.2) is 24.3 Å². The van der Waals surface area contributed by atoms with Crippen LogP contribution in [-0.4, -0.2) is 46.9 Å². The zero-order valence-electron chi connectivity index (χ0n) is 9.33. The normalized spacial score (nSPS) is 16.1. The molecule has 1 aromatic heterocycles. The van der Waals surface area contributed by atoms with E-state index in [0.29, 0.717) is 5.82 Å². The predicted octanol–water partition coefficient (Wildman–Crippen LogP) is 0.703. The molecule has 0 aliphatic carbocycles. The van der Waals surface area contributed by atoms with Crippen molar-refractivity contribution in [2.75, 3.05) is 31.2 Å². The smallest absolute Gasteiger partial charge is 0.206 e. The number of nitrogens with one attached hydrogen (secondary N) is 1. The molecule has 3 rings (SSSR count). The minimum atomic E-state index is 0.632. The number of hydrogen-bond donors (Lipinski definition) is 1. The number of rotatable bonds is 2. The fourth-order valence-corrected chi connectivity index (χ4v) is 2.02. The third kappa shape index (κ3) is 1.99. The fraction of sp³-hybridized carbons (Fsp3) is 0.364. The monoisotopic (exact) mass is 231 g/mol. The molecule has 1 aliphatic rings. The van der Waals surface area contributed by atoms with E-state index in [-0.39, 0.29) is 0 Å². The van der Waals surface area contributed by atoms with Crippen LogP contribution in [0.3, 0.4) is 0 Å². The van der Waals surface area contributed by atoms with E-state index < -0.39 is 0 Å². The Kier molecular flexibility index (Phi) is 2.71. The van der Waals surface area contributed by atoms with E-state index in [0.717, 1.165) is 37.6 Å². The van der Waals surface area contributed by atoms with E-state index in [9.17, 15) is 0 Å². The van der Waals surface area contributed by atoms with Gasteiger partial charge in [0.25, 0.3) is 0 Å². The van der Waals surface area contributed by atoms with Crippen molar-refractivity contribution in [3.05, 3.63) is 24.3 Å². The summed E-state index contributed by atoms with van der Waals surface area (Å²) in [4.78, 5) is 2.29. The highest BCUT2D eigenvalue weighted by Crippen LogP contribution is 2.28. The summed E-state index contributed by atoms with van der Waals surface area (Å²) in [5.41, 5.74) is 2.14. The lowest BCUT2D eigenvalue weighted by molar-refractivity contribution is 0.123. The summed E-state index contributed by atoms with van der Waals surface area (Å²) >= 11 is 0. The van der Waals surface area contributed by atoms with E-state index in [1.54, 1.807) is 0 Å². The third-order valence-corrected chi connectivity index (χ3v) is 2.84. The molecule has 0 unspecified atom stereocenters. The molecule has 1 N–H and O–H groups in total. The Morgan fingerprint density at radius 1 is 1.18 bits per heavy atom. The van der Waals surface area contributed by atoms with Crippen LogP contribution in [0.1, 0.15) is 0 Å². The Morgan fingerprint density at radius 3 is 2.76 bits per heavy atom. The van der Waals surface area contributed by atoms with Crippen molar-refractivity contribution in [1.29, 1.82) is 0 Å². The van der Waals surface area contributed by atoms with Crippen LogP contribution >= 0.6 is 0 Å². The second kappa shape index (κ2) is 4.50. The van der Waals surface area contributed by atoms with Crippen LogP contribution in [0.2, 0.25) is 0 Å². The first-order valence-corrected chi connectivity index (χ1v) is 5.61. The summed E-state index contributed by atoms with van der Waals surface area (Å²) in [7, 11) is 0. The Morgan fingerprint density at radius 2 is 2.00 bits per heavy atom. The SMILES string of the molecule is c1ccc(N2CCOCC2)c(-c2nn[nH]n2)c1. The lowest BCUT2D eigenvalue weighted by atomic mass is 10.1. The Labute approximate surface area is 98.6 Å². The van der Waals surface area contributed by atoms with Gasteiger partial charge in [0.2, 0.25) is 5.82 Å². The number of para-hydroxylation sites is 1. The van der Waals surface area contributed by atoms with Crippen molar-refractivity contribution in [2.24, 2.45) is 0 Å². The summed E-state index contributed by atoms with van der Waals surface area (Å²) in [6, 6.07) is 8.09. The predicted molar refractivity (Wildman–Crippen MR) is 62.6 cm³/mol. The van der Waals surface area contributed by atoms with Crippen LogP contribution in [0.4, 0.5) is 5.69 Å². The molecule has 0 bridgehead atoms. The first kappa shape index (κ1) is 10.2. The van der Waals surface area contributed by atoms with Crippen molar-refractivity contribution in [1.82, 2.24) is 20.6 Å². The molecule has 1 saturated heterocycles. The Balaban J connectivity index is 1.98. The van der Waals surface area contributed by atoms with Crippen LogP contribution in [0.25, 0.3) is 11.4 Å². The molecule has 2 heterocycles. The molecule has 0 spiro atoms. The first-order chi connectivity index (χ1) is 8.45. The number of nitrogens with zero attached hydrogens (tertiary/aromatic N) is 4. The summed E-state index contributed by atoms with van der Waals surface area (Å²) in [6.07, 6.45) is 0. The highest BCUT2D eigenvalue weighted by molar-refractivity contribution is 5.74. The van der Waals surface area contributed by atoms with Crippen LogP contribution < -0.4 is 4.90 Å². The summed E-state index contributed by atoms with van der Waals surface area (Å²) in [5, 5.41) is 14.2. The van der Waals surface area contributed by atoms with E-state index in [1.165, 1.54) is 0 Å². The highest BCUT2D eigenvalue weighted by Gasteiger charge is 2.16. The number of anilines is 1. The minimum Gasteiger partial charge on any atom is -0.378 e. The van der Waals surface area contributed by atoms with Crippen molar-refractivity contribution in [3.8, 4) is 11.4 Å². The average molecular weight is 231 g/mol. The molecule has 0 amide bonds. The molecular weight excluding hydrogens is 218 g/mol. The number of hydrogen-bond acceptors (Lipinski definition) is 5. The van der Waals surface area contributed by atoms with Gasteiger partial charge in [-0.1, -0.05) is 12.1 Å². The lowest BCUT2D eigenvalue weighted by Gasteiger charge is -2.30. The number of ether oxygens (including phenoxy) is 1. The van der Waals surface area contributed by atoms with Gasteiger partial charge >= 0.3 is 0 Å². The van der Waals surface area contributed by atoms with Gasteiger partial charge in [0, 0.05) is 24.3 Å². The molecule has 2 aromatic rings. The number of morpholine rings is 1. The van der Waals surface area contributed by atoms with Gasteiger partial charge in [0.05, 0.1) is 13.2 Å². The molecule has 0 atom stereocenters. The maximum atomic E-state index is 5.36. The van der Waals surface area contributed by atoms with Gasteiger partial charge in [0.1, 0.15) is 0 Å². The summed E-state index contributed by atoms with van der Waals surface area (Å²) in [6.45, 7) is 3.32. The zero-order chi connectivity index (χ0) is 11.5. The molecule has 0 radical (unpaired) electrons. The van der Waals surface area contributed by atoms with Gasteiger partial charge in [-0.25, -0.2) is 0 Å². The lowest BCUT2D eigenvalue weighted by Crippen LogP contribution is -2.36. The Hall–Kier alpha value is -1.95. The average Bonchev–Trinajstić information content (AvgIpc) is 2.94. The topological polar surface area (TPSA) is 66.9 Å². The van der Waals surface area contributed by atoms with E-state index >= 15 is 0 Å². The molecule has 1 aromatic carbocycles. The molecule has 6 nitrogen and oxygen atoms in total. The number of H-pyrrole nitrogens is 1. The van der Waals surface area contributed by atoms with Gasteiger partial charge < -0.3 is 9.64 Å². The zero-order valence-corrected chi connectivity index (χ0v) is 9.33. The molecule has 1 fully saturated rings. The fourth-order valence-electron chi connectivity index (χ4n) is 2.02. The second-order valence-electron chi connectivity index (χ2n) is 3.85. The summed E-state index contributed by atoms with van der Waals surface area (Å²) < 4.78 is 5.36. The first-order valence-electron chi connectivity index (χ1n) is 5.61. The largest absolute Gasteiger partial charge is 0.378 e. The van der Waals surface area contributed by atoms with Crippen LogP contribution in [0.5, 0.6) is 0 Å². The van der Waals surface area contributed by atoms with Crippen LogP contribution in [-0.2, 0) is 4.74 Å². The maximum Gasteiger partial charge on any atom is 0.206 e. The van der Waals surface area contributed by atoms with Crippen LogP contribution in [0, 0.1) is 0 Å². The standard InChI is InChI=1S/C11H13N5O/c1-2-4-10(16-5-7-17-8-6-16)9(3-1)11-12-14-15-13-11/h1-4H,5-8H2,(H,12,13,14,15). The molecule has 0 saturated carbocycles. The number of tetrazole rings is 1. The molecule has 88 valence electrons.